The molecule has 1 saturated heterocycles. The first-order valence-corrected chi connectivity index (χ1v) is 10.2. The third-order valence-electron chi connectivity index (χ3n) is 5.29. The van der Waals surface area contributed by atoms with Crippen LogP contribution in [-0.2, 0) is 0 Å². The second-order valence-electron chi connectivity index (χ2n) is 7.42. The van der Waals surface area contributed by atoms with Crippen LogP contribution in [0.3, 0.4) is 0 Å². The molecule has 0 amide bonds. The summed E-state index contributed by atoms with van der Waals surface area (Å²) >= 11 is 0. The zero-order valence-electron chi connectivity index (χ0n) is 17.3. The molecule has 5 rings (SSSR count). The first-order chi connectivity index (χ1) is 15.2. The minimum atomic E-state index is 0.0267. The Balaban J connectivity index is 1.39. The number of aryl methyl sites for hydroxylation is 1. The summed E-state index contributed by atoms with van der Waals surface area (Å²) in [4.78, 5) is 15.7. The summed E-state index contributed by atoms with van der Waals surface area (Å²) in [5.74, 6) is 3.62. The number of anilines is 4. The molecule has 4 aromatic rings. The van der Waals surface area contributed by atoms with Crippen LogP contribution in [0.2, 0.25) is 0 Å². The summed E-state index contributed by atoms with van der Waals surface area (Å²) in [6, 6.07) is 9.62. The number of rotatable bonds is 6. The molecule has 3 N–H and O–H groups in total. The average molecular weight is 417 g/mol. The first kappa shape index (κ1) is 19.0. The van der Waals surface area contributed by atoms with E-state index in [1.54, 1.807) is 12.4 Å². The van der Waals surface area contributed by atoms with Gasteiger partial charge in [-0.3, -0.25) is 5.10 Å². The highest BCUT2D eigenvalue weighted by Gasteiger charge is 2.31. The van der Waals surface area contributed by atoms with Crippen molar-refractivity contribution in [2.45, 2.75) is 25.8 Å². The maximum atomic E-state index is 5.75. The number of nitrogens with one attached hydrogen (secondary N) is 3. The van der Waals surface area contributed by atoms with Gasteiger partial charge in [0.15, 0.2) is 11.6 Å². The van der Waals surface area contributed by atoms with E-state index in [1.165, 1.54) is 0 Å². The molecule has 0 bridgehead atoms. The second kappa shape index (κ2) is 8.05. The van der Waals surface area contributed by atoms with Crippen molar-refractivity contribution >= 4 is 23.4 Å². The molecule has 1 fully saturated rings. The number of hydrogen-bond donors (Lipinski definition) is 3. The number of H-pyrrole nitrogens is 1. The van der Waals surface area contributed by atoms with E-state index in [4.69, 9.17) is 9.51 Å². The van der Waals surface area contributed by atoms with Crippen LogP contribution in [0.1, 0.15) is 30.3 Å². The van der Waals surface area contributed by atoms with E-state index in [0.717, 1.165) is 53.7 Å². The minimum absolute atomic E-state index is 0.0267. The van der Waals surface area contributed by atoms with Gasteiger partial charge in [0.1, 0.15) is 17.3 Å². The van der Waals surface area contributed by atoms with Crippen molar-refractivity contribution < 1.29 is 4.52 Å². The average Bonchev–Trinajstić information content (AvgIpc) is 3.54. The van der Waals surface area contributed by atoms with Crippen LogP contribution in [0.5, 0.6) is 0 Å². The van der Waals surface area contributed by atoms with Crippen molar-refractivity contribution in [1.29, 1.82) is 0 Å². The third kappa shape index (κ3) is 3.79. The largest absolute Gasteiger partial charge is 0.373 e. The van der Waals surface area contributed by atoms with Gasteiger partial charge in [-0.15, -0.1) is 0 Å². The van der Waals surface area contributed by atoms with Gasteiger partial charge in [-0.25, -0.2) is 9.97 Å². The quantitative estimate of drug-likeness (QED) is 0.431. The van der Waals surface area contributed by atoms with Crippen molar-refractivity contribution in [1.82, 2.24) is 30.3 Å². The van der Waals surface area contributed by atoms with Crippen LogP contribution in [-0.4, -0.2) is 43.9 Å². The summed E-state index contributed by atoms with van der Waals surface area (Å²) < 4.78 is 5.75. The summed E-state index contributed by atoms with van der Waals surface area (Å²) in [5, 5.41) is 17.7. The molecule has 0 aromatic carbocycles. The fourth-order valence-corrected chi connectivity index (χ4v) is 3.86. The van der Waals surface area contributed by atoms with Crippen molar-refractivity contribution in [3.63, 3.8) is 0 Å². The molecule has 0 spiro atoms. The predicted molar refractivity (Wildman–Crippen MR) is 117 cm³/mol. The van der Waals surface area contributed by atoms with Gasteiger partial charge in [0.25, 0.3) is 0 Å². The van der Waals surface area contributed by atoms with Gasteiger partial charge < -0.3 is 20.1 Å². The Morgan fingerprint density at radius 1 is 1.16 bits per heavy atom. The summed E-state index contributed by atoms with van der Waals surface area (Å²) in [6.07, 6.45) is 5.47. The van der Waals surface area contributed by atoms with Crippen molar-refractivity contribution in [2.24, 2.45) is 0 Å². The molecule has 31 heavy (non-hydrogen) atoms. The number of pyridine rings is 1. The van der Waals surface area contributed by atoms with Crippen LogP contribution in [0.25, 0.3) is 11.3 Å². The van der Waals surface area contributed by atoms with Gasteiger partial charge in [-0.1, -0.05) is 5.16 Å². The molecule has 1 unspecified atom stereocenters. The highest BCUT2D eigenvalue weighted by molar-refractivity contribution is 5.72. The molecule has 10 heteroatoms. The Labute approximate surface area is 179 Å². The second-order valence-corrected chi connectivity index (χ2v) is 7.42. The Hall–Kier alpha value is -3.95. The van der Waals surface area contributed by atoms with Gasteiger partial charge in [-0.05, 0) is 38.0 Å². The molecule has 158 valence electrons. The molecule has 4 aromatic heterocycles. The number of nitrogens with zero attached hydrogens (tertiary/aromatic N) is 6. The zero-order chi connectivity index (χ0) is 21.2. The van der Waals surface area contributed by atoms with E-state index < -0.39 is 0 Å². The molecule has 0 aliphatic carbocycles. The van der Waals surface area contributed by atoms with Gasteiger partial charge >= 0.3 is 0 Å². The van der Waals surface area contributed by atoms with Gasteiger partial charge in [0.05, 0.1) is 6.04 Å². The fraction of sp³-hybridized carbons (Fsp3) is 0.286. The monoisotopic (exact) mass is 417 g/mol. The van der Waals surface area contributed by atoms with Crippen LogP contribution >= 0.6 is 0 Å². The SMILES string of the molecule is CNc1ncccc1-c1cc(C2CCCN2c2nccc(Nc3cc(C)[nH]n3)n2)on1. The maximum absolute atomic E-state index is 5.75. The Morgan fingerprint density at radius 3 is 2.94 bits per heavy atom. The number of aromatic amines is 1. The number of hydrogen-bond acceptors (Lipinski definition) is 9. The van der Waals surface area contributed by atoms with Crippen molar-refractivity contribution in [3.05, 3.63) is 54.2 Å². The normalized spacial score (nSPS) is 15.9. The lowest BCUT2D eigenvalue weighted by Crippen LogP contribution is -2.24. The number of aromatic nitrogens is 6. The Kier molecular flexibility index (Phi) is 4.95. The summed E-state index contributed by atoms with van der Waals surface area (Å²) in [5.41, 5.74) is 2.64. The van der Waals surface area contributed by atoms with E-state index in [0.29, 0.717) is 11.8 Å². The fourth-order valence-electron chi connectivity index (χ4n) is 3.86. The van der Waals surface area contributed by atoms with Gasteiger partial charge in [0, 0.05) is 49.4 Å². The summed E-state index contributed by atoms with van der Waals surface area (Å²) in [6.45, 7) is 2.80. The van der Waals surface area contributed by atoms with Crippen molar-refractivity contribution in [3.8, 4) is 11.3 Å². The molecular formula is C21H23N9O. The van der Waals surface area contributed by atoms with E-state index in [1.807, 2.05) is 44.3 Å². The van der Waals surface area contributed by atoms with Gasteiger partial charge in [0.2, 0.25) is 5.95 Å². The maximum Gasteiger partial charge on any atom is 0.227 e. The van der Waals surface area contributed by atoms with Crippen molar-refractivity contribution in [2.75, 3.05) is 29.1 Å². The van der Waals surface area contributed by atoms with Crippen LogP contribution in [0, 0.1) is 6.92 Å². The molecular weight excluding hydrogens is 394 g/mol. The first-order valence-electron chi connectivity index (χ1n) is 10.2. The predicted octanol–water partition coefficient (Wildman–Crippen LogP) is 3.68. The van der Waals surface area contributed by atoms with Gasteiger partial charge in [-0.2, -0.15) is 10.1 Å². The van der Waals surface area contributed by atoms with Crippen LogP contribution < -0.4 is 15.5 Å². The molecule has 1 aliphatic heterocycles. The highest BCUT2D eigenvalue weighted by atomic mass is 16.5. The van der Waals surface area contributed by atoms with E-state index in [2.05, 4.69) is 40.9 Å². The molecule has 1 atom stereocenters. The Morgan fingerprint density at radius 2 is 2.10 bits per heavy atom. The smallest absolute Gasteiger partial charge is 0.227 e. The topological polar surface area (TPSA) is 121 Å². The third-order valence-corrected chi connectivity index (χ3v) is 5.29. The molecule has 0 saturated carbocycles. The lowest BCUT2D eigenvalue weighted by Gasteiger charge is -2.22. The van der Waals surface area contributed by atoms with E-state index in [-0.39, 0.29) is 6.04 Å². The molecule has 1 aliphatic rings. The zero-order valence-corrected chi connectivity index (χ0v) is 17.3. The lowest BCUT2D eigenvalue weighted by molar-refractivity contribution is 0.362. The molecule has 5 heterocycles. The van der Waals surface area contributed by atoms with Crippen LogP contribution in [0.4, 0.5) is 23.4 Å². The minimum Gasteiger partial charge on any atom is -0.373 e. The van der Waals surface area contributed by atoms with Crippen LogP contribution in [0.15, 0.2) is 47.2 Å². The standard InChI is InChI=1S/C21H23N9O/c1-13-11-19(28-27-13)25-18-7-9-24-21(26-18)30-10-4-6-16(30)17-12-15(29-31-17)14-5-3-8-23-20(14)22-2/h3,5,7-9,11-12,16H,4,6,10H2,1-2H3,(H,22,23)(H2,24,25,26,27,28). The lowest BCUT2D eigenvalue weighted by atomic mass is 10.1. The molecule has 0 radical (unpaired) electrons. The highest BCUT2D eigenvalue weighted by Crippen LogP contribution is 2.37. The van der Waals surface area contributed by atoms with E-state index >= 15 is 0 Å². The summed E-state index contributed by atoms with van der Waals surface area (Å²) in [7, 11) is 1.84. The van der Waals surface area contributed by atoms with E-state index in [9.17, 15) is 0 Å². The molecule has 10 nitrogen and oxygen atoms in total. The Bertz CT molecular complexity index is 1180.